The summed E-state index contributed by atoms with van der Waals surface area (Å²) < 4.78 is 21.8. The minimum Gasteiger partial charge on any atom is -0.494 e. The zero-order chi connectivity index (χ0) is 29.3. The molecule has 1 fully saturated rings. The van der Waals surface area contributed by atoms with Gasteiger partial charge >= 0.3 is 17.9 Å². The molecule has 1 unspecified atom stereocenters. The van der Waals surface area contributed by atoms with Crippen molar-refractivity contribution in [3.8, 4) is 11.5 Å². The molecule has 2 aromatic carbocycles. The molecule has 220 valence electrons. The molecule has 0 saturated heterocycles. The molecular formula is C34H42O7. The Morgan fingerprint density at radius 1 is 0.829 bits per heavy atom. The van der Waals surface area contributed by atoms with Crippen LogP contribution in [-0.2, 0) is 23.9 Å². The summed E-state index contributed by atoms with van der Waals surface area (Å²) in [6, 6.07) is 15.1. The van der Waals surface area contributed by atoms with E-state index in [-0.39, 0.29) is 24.5 Å². The summed E-state index contributed by atoms with van der Waals surface area (Å²) >= 11 is 0. The number of hydrogen-bond acceptors (Lipinski definition) is 7. The Hall–Kier alpha value is -3.87. The van der Waals surface area contributed by atoms with Crippen LogP contribution in [0.4, 0.5) is 0 Å². The van der Waals surface area contributed by atoms with E-state index in [1.54, 1.807) is 19.1 Å². The van der Waals surface area contributed by atoms with Crippen LogP contribution in [0.25, 0.3) is 12.2 Å². The standard InChI is InChI=1S/C34H42O7/c1-3-32(35)40-31-21-17-28(18-22-31)14-13-27-15-19-29(20-16-27)38-23-9-4-5-10-24-39-34(37)26(2)25-33(36)41-30-11-7-6-8-12-30/h3,13-22,26,30H,1,4-12,23-25H2,2H3/b14-13+. The van der Waals surface area contributed by atoms with Crippen LogP contribution in [0.15, 0.2) is 61.2 Å². The van der Waals surface area contributed by atoms with Crippen molar-refractivity contribution >= 4 is 30.1 Å². The lowest BCUT2D eigenvalue weighted by Crippen LogP contribution is -2.25. The summed E-state index contributed by atoms with van der Waals surface area (Å²) in [5.41, 5.74) is 2.03. The van der Waals surface area contributed by atoms with E-state index in [0.29, 0.717) is 19.0 Å². The Kier molecular flexibility index (Phi) is 13.7. The minimum absolute atomic E-state index is 0.0135. The van der Waals surface area contributed by atoms with E-state index in [0.717, 1.165) is 74.3 Å². The highest BCUT2D eigenvalue weighted by atomic mass is 16.5. The molecule has 0 N–H and O–H groups in total. The fraction of sp³-hybridized carbons (Fsp3) is 0.441. The number of ether oxygens (including phenoxy) is 4. The summed E-state index contributed by atoms with van der Waals surface area (Å²) in [7, 11) is 0. The van der Waals surface area contributed by atoms with Gasteiger partial charge in [-0.25, -0.2) is 4.79 Å². The number of carbonyl (C=O) groups excluding carboxylic acids is 3. The third-order valence-corrected chi connectivity index (χ3v) is 6.89. The maximum Gasteiger partial charge on any atom is 0.335 e. The first kappa shape index (κ1) is 31.7. The van der Waals surface area contributed by atoms with Crippen LogP contribution in [0.1, 0.15) is 82.3 Å². The lowest BCUT2D eigenvalue weighted by Gasteiger charge is -2.22. The van der Waals surface area contributed by atoms with E-state index in [1.807, 2.05) is 48.6 Å². The third kappa shape index (κ3) is 12.5. The molecule has 2 aromatic rings. The number of benzene rings is 2. The predicted octanol–water partition coefficient (Wildman–Crippen LogP) is 7.33. The lowest BCUT2D eigenvalue weighted by molar-refractivity contribution is -0.158. The molecule has 0 heterocycles. The summed E-state index contributed by atoms with van der Waals surface area (Å²) in [4.78, 5) is 35.5. The molecule has 0 aliphatic heterocycles. The second kappa shape index (κ2) is 17.7. The molecule has 7 heteroatoms. The first-order valence-corrected chi connectivity index (χ1v) is 14.6. The van der Waals surface area contributed by atoms with Crippen molar-refractivity contribution < 1.29 is 33.3 Å². The van der Waals surface area contributed by atoms with E-state index in [4.69, 9.17) is 18.9 Å². The van der Waals surface area contributed by atoms with Gasteiger partial charge in [0.05, 0.1) is 25.6 Å². The SMILES string of the molecule is C=CC(=O)Oc1ccc(/C=C/c2ccc(OCCCCCCOC(=O)C(C)CC(=O)OC3CCCCC3)cc2)cc1. The van der Waals surface area contributed by atoms with Gasteiger partial charge in [0.2, 0.25) is 0 Å². The Labute approximate surface area is 243 Å². The van der Waals surface area contributed by atoms with Crippen molar-refractivity contribution in [1.82, 2.24) is 0 Å². The van der Waals surface area contributed by atoms with Crippen molar-refractivity contribution in [3.63, 3.8) is 0 Å². The Bertz CT molecular complexity index is 1130. The quantitative estimate of drug-likeness (QED) is 0.0696. The number of carbonyl (C=O) groups is 3. The number of esters is 3. The summed E-state index contributed by atoms with van der Waals surface area (Å²) in [6.07, 6.45) is 14.1. The van der Waals surface area contributed by atoms with Gasteiger partial charge in [0.15, 0.2) is 0 Å². The first-order chi connectivity index (χ1) is 19.9. The maximum absolute atomic E-state index is 12.2. The van der Waals surface area contributed by atoms with Crippen molar-refractivity contribution in [2.24, 2.45) is 5.92 Å². The second-order valence-electron chi connectivity index (χ2n) is 10.4. The fourth-order valence-corrected chi connectivity index (χ4v) is 4.49. The maximum atomic E-state index is 12.2. The Morgan fingerprint density at radius 3 is 2.02 bits per heavy atom. The second-order valence-corrected chi connectivity index (χ2v) is 10.4. The van der Waals surface area contributed by atoms with Gasteiger partial charge in [-0.1, -0.05) is 56.3 Å². The van der Waals surface area contributed by atoms with Crippen molar-refractivity contribution in [2.75, 3.05) is 13.2 Å². The van der Waals surface area contributed by atoms with Crippen molar-refractivity contribution in [1.29, 1.82) is 0 Å². The molecule has 41 heavy (non-hydrogen) atoms. The van der Waals surface area contributed by atoms with Crippen LogP contribution in [0, 0.1) is 5.92 Å². The zero-order valence-corrected chi connectivity index (χ0v) is 24.1. The van der Waals surface area contributed by atoms with E-state index in [2.05, 4.69) is 6.58 Å². The largest absolute Gasteiger partial charge is 0.494 e. The highest BCUT2D eigenvalue weighted by Crippen LogP contribution is 2.22. The molecule has 3 rings (SSSR count). The van der Waals surface area contributed by atoms with E-state index >= 15 is 0 Å². The zero-order valence-electron chi connectivity index (χ0n) is 24.1. The van der Waals surface area contributed by atoms with Crippen molar-refractivity contribution in [3.05, 3.63) is 72.3 Å². The van der Waals surface area contributed by atoms with Gasteiger partial charge in [-0.15, -0.1) is 0 Å². The van der Waals surface area contributed by atoms with Gasteiger partial charge in [0.1, 0.15) is 17.6 Å². The van der Waals surface area contributed by atoms with Gasteiger partial charge < -0.3 is 18.9 Å². The van der Waals surface area contributed by atoms with E-state index in [1.165, 1.54) is 6.42 Å². The van der Waals surface area contributed by atoms with Crippen LogP contribution >= 0.6 is 0 Å². The normalized spacial score (nSPS) is 14.3. The molecule has 1 aliphatic carbocycles. The number of unbranched alkanes of at least 4 members (excludes halogenated alkanes) is 3. The van der Waals surface area contributed by atoms with Crippen LogP contribution < -0.4 is 9.47 Å². The van der Waals surface area contributed by atoms with Gasteiger partial charge in [-0.2, -0.15) is 0 Å². The summed E-state index contributed by atoms with van der Waals surface area (Å²) in [5, 5.41) is 0. The smallest absolute Gasteiger partial charge is 0.335 e. The van der Waals surface area contributed by atoms with Gasteiger partial charge in [0.25, 0.3) is 0 Å². The lowest BCUT2D eigenvalue weighted by atomic mass is 9.98. The Balaban J connectivity index is 1.22. The fourth-order valence-electron chi connectivity index (χ4n) is 4.49. The molecule has 0 amide bonds. The number of hydrogen-bond donors (Lipinski definition) is 0. The van der Waals surface area contributed by atoms with Crippen LogP contribution in [0.2, 0.25) is 0 Å². The van der Waals surface area contributed by atoms with Gasteiger partial charge in [0, 0.05) is 6.08 Å². The van der Waals surface area contributed by atoms with Gasteiger partial charge in [-0.05, 0) is 86.8 Å². The van der Waals surface area contributed by atoms with Crippen LogP contribution in [0.3, 0.4) is 0 Å². The average Bonchev–Trinajstić information content (AvgIpc) is 2.99. The van der Waals surface area contributed by atoms with Crippen LogP contribution in [-0.4, -0.2) is 37.2 Å². The number of rotatable bonds is 16. The van der Waals surface area contributed by atoms with E-state index < -0.39 is 11.9 Å². The highest BCUT2D eigenvalue weighted by molar-refractivity contribution is 5.83. The first-order valence-electron chi connectivity index (χ1n) is 14.6. The third-order valence-electron chi connectivity index (χ3n) is 6.89. The summed E-state index contributed by atoms with van der Waals surface area (Å²) in [6.45, 7) is 6.09. The molecule has 7 nitrogen and oxygen atoms in total. The highest BCUT2D eigenvalue weighted by Gasteiger charge is 2.23. The molecular weight excluding hydrogens is 520 g/mol. The summed E-state index contributed by atoms with van der Waals surface area (Å²) in [5.74, 6) is -0.303. The molecule has 1 saturated carbocycles. The topological polar surface area (TPSA) is 88.1 Å². The minimum atomic E-state index is -0.483. The average molecular weight is 563 g/mol. The molecule has 0 bridgehead atoms. The molecule has 0 aromatic heterocycles. The monoisotopic (exact) mass is 562 g/mol. The molecule has 1 aliphatic rings. The molecule has 0 radical (unpaired) electrons. The van der Waals surface area contributed by atoms with Crippen LogP contribution in [0.5, 0.6) is 11.5 Å². The Morgan fingerprint density at radius 2 is 1.41 bits per heavy atom. The predicted molar refractivity (Wildman–Crippen MR) is 159 cm³/mol. The molecule has 1 atom stereocenters. The van der Waals surface area contributed by atoms with Gasteiger partial charge in [-0.3, -0.25) is 9.59 Å². The molecule has 0 spiro atoms. The van der Waals surface area contributed by atoms with Crippen molar-refractivity contribution in [2.45, 2.75) is 77.2 Å². The van der Waals surface area contributed by atoms with E-state index in [9.17, 15) is 14.4 Å².